The molecule has 0 saturated carbocycles. The van der Waals surface area contributed by atoms with Crippen LogP contribution in [0.5, 0.6) is 0 Å². The van der Waals surface area contributed by atoms with Gasteiger partial charge in [0, 0.05) is 11.1 Å². The number of carbonyl (C=O) groups is 1. The summed E-state index contributed by atoms with van der Waals surface area (Å²) in [5.74, 6) is -0.827. The van der Waals surface area contributed by atoms with Crippen LogP contribution in [0, 0.1) is 5.82 Å². The van der Waals surface area contributed by atoms with Gasteiger partial charge in [-0.2, -0.15) is 0 Å². The van der Waals surface area contributed by atoms with Gasteiger partial charge in [0.1, 0.15) is 5.82 Å². The minimum absolute atomic E-state index is 0.00878. The molecule has 1 amide bonds. The first-order valence-corrected chi connectivity index (χ1v) is 6.45. The van der Waals surface area contributed by atoms with Crippen molar-refractivity contribution in [3.05, 3.63) is 28.0 Å². The maximum atomic E-state index is 13.2. The van der Waals surface area contributed by atoms with Crippen molar-refractivity contribution in [3.8, 4) is 0 Å². The molecule has 1 fully saturated rings. The molecule has 0 radical (unpaired) electrons. The van der Waals surface area contributed by atoms with Crippen molar-refractivity contribution in [2.24, 2.45) is 0 Å². The van der Waals surface area contributed by atoms with Gasteiger partial charge in [-0.3, -0.25) is 4.79 Å². The van der Waals surface area contributed by atoms with Crippen molar-refractivity contribution >= 4 is 27.5 Å². The number of halogens is 2. The van der Waals surface area contributed by atoms with Crippen LogP contribution in [0.25, 0.3) is 0 Å². The van der Waals surface area contributed by atoms with Gasteiger partial charge in [-0.05, 0) is 41.4 Å². The molecule has 2 rings (SSSR count). The lowest BCUT2D eigenvalue weighted by Gasteiger charge is -2.16. The number of anilines is 1. The average molecular weight is 317 g/mol. The second-order valence-corrected chi connectivity index (χ2v) is 5.15. The molecule has 1 saturated heterocycles. The van der Waals surface area contributed by atoms with Crippen LogP contribution in [0.15, 0.2) is 16.6 Å². The Bertz CT molecular complexity index is 481. The van der Waals surface area contributed by atoms with Crippen molar-refractivity contribution in [2.75, 3.05) is 12.3 Å². The summed E-state index contributed by atoms with van der Waals surface area (Å²) in [5.41, 5.74) is 5.75. The second kappa shape index (κ2) is 5.24. The third-order valence-corrected chi connectivity index (χ3v) is 3.68. The Morgan fingerprint density at radius 1 is 1.61 bits per heavy atom. The summed E-state index contributed by atoms with van der Waals surface area (Å²) in [4.78, 5) is 12.1. The molecule has 1 aliphatic heterocycles. The van der Waals surface area contributed by atoms with E-state index in [-0.39, 0.29) is 23.7 Å². The smallest absolute Gasteiger partial charge is 0.252 e. The van der Waals surface area contributed by atoms with Gasteiger partial charge in [0.25, 0.3) is 5.91 Å². The topological polar surface area (TPSA) is 64.3 Å². The molecule has 0 aliphatic carbocycles. The van der Waals surface area contributed by atoms with Gasteiger partial charge in [-0.1, -0.05) is 0 Å². The third kappa shape index (κ3) is 2.64. The molecule has 4 nitrogen and oxygen atoms in total. The summed E-state index contributed by atoms with van der Waals surface area (Å²) in [7, 11) is 0. The highest BCUT2D eigenvalue weighted by Gasteiger charge is 2.26. The van der Waals surface area contributed by atoms with Crippen LogP contribution < -0.4 is 11.1 Å². The lowest BCUT2D eigenvalue weighted by Crippen LogP contribution is -2.39. The Morgan fingerprint density at radius 2 is 2.33 bits per heavy atom. The SMILES string of the molecule is CC1OCCC1NC(=O)c1cc(N)c(F)cc1Br. The lowest BCUT2D eigenvalue weighted by molar-refractivity contribution is 0.0865. The first-order chi connectivity index (χ1) is 8.49. The standard InChI is InChI=1S/C12H14BrFN2O2/c1-6-11(2-3-18-6)16-12(17)7-4-10(15)9(14)5-8(7)13/h4-6,11H,2-3,15H2,1H3,(H,16,17). The summed E-state index contributed by atoms with van der Waals surface area (Å²) in [6.45, 7) is 2.55. The minimum Gasteiger partial charge on any atom is -0.396 e. The van der Waals surface area contributed by atoms with Crippen LogP contribution in [-0.4, -0.2) is 24.7 Å². The van der Waals surface area contributed by atoms with Crippen LogP contribution >= 0.6 is 15.9 Å². The number of carbonyl (C=O) groups excluding carboxylic acids is 1. The fourth-order valence-corrected chi connectivity index (χ4v) is 2.40. The number of nitrogens with one attached hydrogen (secondary N) is 1. The molecule has 98 valence electrons. The summed E-state index contributed by atoms with van der Waals surface area (Å²) >= 11 is 3.16. The van der Waals surface area contributed by atoms with Crippen molar-refractivity contribution in [1.82, 2.24) is 5.32 Å². The second-order valence-electron chi connectivity index (χ2n) is 4.30. The van der Waals surface area contributed by atoms with E-state index in [9.17, 15) is 9.18 Å². The molecule has 3 N–H and O–H groups in total. The third-order valence-electron chi connectivity index (χ3n) is 3.02. The van der Waals surface area contributed by atoms with E-state index in [1.807, 2.05) is 6.92 Å². The van der Waals surface area contributed by atoms with Gasteiger partial charge in [0.15, 0.2) is 0 Å². The number of nitrogens with two attached hydrogens (primary N) is 1. The van der Waals surface area contributed by atoms with E-state index in [4.69, 9.17) is 10.5 Å². The number of rotatable bonds is 2. The van der Waals surface area contributed by atoms with E-state index in [0.717, 1.165) is 6.42 Å². The molecule has 2 atom stereocenters. The van der Waals surface area contributed by atoms with E-state index < -0.39 is 5.82 Å². The number of amides is 1. The van der Waals surface area contributed by atoms with Gasteiger partial charge in [0.2, 0.25) is 0 Å². The molecule has 18 heavy (non-hydrogen) atoms. The molecule has 6 heteroatoms. The molecular formula is C12H14BrFN2O2. The normalized spacial score (nSPS) is 23.1. The van der Waals surface area contributed by atoms with E-state index in [0.29, 0.717) is 16.6 Å². The fraction of sp³-hybridized carbons (Fsp3) is 0.417. The minimum atomic E-state index is -0.545. The predicted octanol–water partition coefficient (Wildman–Crippen LogP) is 2.08. The molecule has 1 aromatic carbocycles. The zero-order chi connectivity index (χ0) is 13.3. The Morgan fingerprint density at radius 3 is 2.94 bits per heavy atom. The quantitative estimate of drug-likeness (QED) is 0.821. The van der Waals surface area contributed by atoms with Gasteiger partial charge in [-0.25, -0.2) is 4.39 Å². The summed E-state index contributed by atoms with van der Waals surface area (Å²) in [5, 5.41) is 2.86. The number of hydrogen-bond acceptors (Lipinski definition) is 3. The van der Waals surface area contributed by atoms with E-state index in [1.54, 1.807) is 0 Å². The lowest BCUT2D eigenvalue weighted by atomic mass is 10.1. The number of ether oxygens (including phenoxy) is 1. The van der Waals surface area contributed by atoms with Crippen LogP contribution in [0.3, 0.4) is 0 Å². The number of benzene rings is 1. The maximum absolute atomic E-state index is 13.2. The van der Waals surface area contributed by atoms with Crippen LogP contribution in [0.4, 0.5) is 10.1 Å². The predicted molar refractivity (Wildman–Crippen MR) is 69.8 cm³/mol. The zero-order valence-electron chi connectivity index (χ0n) is 9.87. The Balaban J connectivity index is 2.16. The first-order valence-electron chi connectivity index (χ1n) is 5.66. The number of nitrogen functional groups attached to an aromatic ring is 1. The van der Waals surface area contributed by atoms with Crippen LogP contribution in [0.2, 0.25) is 0 Å². The first kappa shape index (κ1) is 13.3. The summed E-state index contributed by atoms with van der Waals surface area (Å²) in [6, 6.07) is 2.50. The van der Waals surface area contributed by atoms with E-state index >= 15 is 0 Å². The molecule has 2 unspecified atom stereocenters. The summed E-state index contributed by atoms with van der Waals surface area (Å²) < 4.78 is 18.9. The van der Waals surface area contributed by atoms with Crippen molar-refractivity contribution in [2.45, 2.75) is 25.5 Å². The monoisotopic (exact) mass is 316 g/mol. The molecule has 1 aromatic rings. The number of hydrogen-bond donors (Lipinski definition) is 2. The van der Waals surface area contributed by atoms with Crippen molar-refractivity contribution in [3.63, 3.8) is 0 Å². The van der Waals surface area contributed by atoms with Crippen LogP contribution in [-0.2, 0) is 4.74 Å². The molecule has 0 spiro atoms. The fourth-order valence-electron chi connectivity index (χ4n) is 1.91. The molecule has 1 aliphatic rings. The van der Waals surface area contributed by atoms with Gasteiger partial charge in [0.05, 0.1) is 23.4 Å². The molecule has 0 bridgehead atoms. The Hall–Kier alpha value is -1.14. The summed E-state index contributed by atoms with van der Waals surface area (Å²) in [6.07, 6.45) is 0.770. The van der Waals surface area contributed by atoms with E-state index in [2.05, 4.69) is 21.2 Å². The largest absolute Gasteiger partial charge is 0.396 e. The highest BCUT2D eigenvalue weighted by Crippen LogP contribution is 2.23. The van der Waals surface area contributed by atoms with Gasteiger partial charge < -0.3 is 15.8 Å². The van der Waals surface area contributed by atoms with Gasteiger partial charge in [-0.15, -0.1) is 0 Å². The van der Waals surface area contributed by atoms with Gasteiger partial charge >= 0.3 is 0 Å². The van der Waals surface area contributed by atoms with Crippen LogP contribution in [0.1, 0.15) is 23.7 Å². The Labute approximate surface area is 113 Å². The molecular weight excluding hydrogens is 303 g/mol. The molecule has 1 heterocycles. The maximum Gasteiger partial charge on any atom is 0.252 e. The van der Waals surface area contributed by atoms with Crippen molar-refractivity contribution in [1.29, 1.82) is 0 Å². The highest BCUT2D eigenvalue weighted by molar-refractivity contribution is 9.10. The zero-order valence-corrected chi connectivity index (χ0v) is 11.5. The molecule has 0 aromatic heterocycles. The van der Waals surface area contributed by atoms with E-state index in [1.165, 1.54) is 12.1 Å². The van der Waals surface area contributed by atoms with Crippen molar-refractivity contribution < 1.29 is 13.9 Å². The average Bonchev–Trinajstić information content (AvgIpc) is 2.69. The highest BCUT2D eigenvalue weighted by atomic mass is 79.9. The Kier molecular flexibility index (Phi) is 3.87.